The van der Waals surface area contributed by atoms with Gasteiger partial charge in [-0.1, -0.05) is 0 Å². The maximum Gasteiger partial charge on any atom is 0.257 e. The number of aryl methyl sites for hydroxylation is 1. The Morgan fingerprint density at radius 2 is 2.06 bits per heavy atom. The van der Waals surface area contributed by atoms with Crippen LogP contribution in [0, 0.1) is 12.7 Å². The second kappa shape index (κ2) is 9.01. The van der Waals surface area contributed by atoms with Gasteiger partial charge in [-0.3, -0.25) is 9.48 Å². The summed E-state index contributed by atoms with van der Waals surface area (Å²) in [5.74, 6) is -0.965. The number of imidazole rings is 1. The number of nitrogens with zero attached hydrogens (tertiary/aromatic N) is 5. The van der Waals surface area contributed by atoms with Gasteiger partial charge in [-0.25, -0.2) is 9.37 Å². The van der Waals surface area contributed by atoms with Crippen LogP contribution in [0.5, 0.6) is 0 Å². The molecular formula is C23H26FN7O3. The molecule has 4 heterocycles. The van der Waals surface area contributed by atoms with Gasteiger partial charge in [0.2, 0.25) is 0 Å². The number of piperazine rings is 1. The lowest BCUT2D eigenvalue weighted by Gasteiger charge is -2.30. The van der Waals surface area contributed by atoms with Crippen molar-refractivity contribution in [2.45, 2.75) is 19.6 Å². The van der Waals surface area contributed by atoms with Crippen molar-refractivity contribution >= 4 is 33.8 Å². The SMILES string of the molecule is Cc1cn2cc(NC(=O)c3ccc(N4CCNCC4)c4cn(CC(O)CO)nc34)cc(F)c2n1. The summed E-state index contributed by atoms with van der Waals surface area (Å²) in [6, 6.07) is 4.84. The summed E-state index contributed by atoms with van der Waals surface area (Å²) < 4.78 is 17.5. The molecule has 0 aliphatic carbocycles. The average molecular weight is 468 g/mol. The van der Waals surface area contributed by atoms with E-state index in [0.717, 1.165) is 37.3 Å². The van der Waals surface area contributed by atoms with Crippen LogP contribution in [0.3, 0.4) is 0 Å². The van der Waals surface area contributed by atoms with Gasteiger partial charge in [0.25, 0.3) is 5.91 Å². The fourth-order valence-corrected chi connectivity index (χ4v) is 4.32. The van der Waals surface area contributed by atoms with Crippen molar-refractivity contribution in [3.8, 4) is 0 Å². The first kappa shape index (κ1) is 22.3. The average Bonchev–Trinajstić information content (AvgIpc) is 3.41. The first-order chi connectivity index (χ1) is 16.4. The molecule has 0 saturated carbocycles. The number of benzene rings is 1. The van der Waals surface area contributed by atoms with Gasteiger partial charge < -0.3 is 30.1 Å². The molecule has 0 spiro atoms. The number of carbonyl (C=O) groups excluding carboxylic acids is 1. The number of hydrogen-bond donors (Lipinski definition) is 4. The smallest absolute Gasteiger partial charge is 0.257 e. The van der Waals surface area contributed by atoms with E-state index in [4.69, 9.17) is 0 Å². The minimum Gasteiger partial charge on any atom is -0.394 e. The number of fused-ring (bicyclic) bond motifs is 2. The summed E-state index contributed by atoms with van der Waals surface area (Å²) >= 11 is 0. The molecule has 1 saturated heterocycles. The molecule has 0 radical (unpaired) electrons. The van der Waals surface area contributed by atoms with E-state index in [1.165, 1.54) is 15.1 Å². The summed E-state index contributed by atoms with van der Waals surface area (Å²) in [4.78, 5) is 19.6. The molecule has 178 valence electrons. The highest BCUT2D eigenvalue weighted by Crippen LogP contribution is 2.30. The van der Waals surface area contributed by atoms with Crippen LogP contribution in [0.15, 0.2) is 36.8 Å². The van der Waals surface area contributed by atoms with Gasteiger partial charge in [0.1, 0.15) is 5.52 Å². The number of aliphatic hydroxyl groups excluding tert-OH is 2. The van der Waals surface area contributed by atoms with E-state index in [2.05, 4.69) is 25.6 Å². The van der Waals surface area contributed by atoms with Crippen LogP contribution < -0.4 is 15.5 Å². The second-order valence-corrected chi connectivity index (χ2v) is 8.46. The Morgan fingerprint density at radius 1 is 1.26 bits per heavy atom. The maximum atomic E-state index is 14.5. The van der Waals surface area contributed by atoms with Crippen molar-refractivity contribution in [1.82, 2.24) is 24.5 Å². The lowest BCUT2D eigenvalue weighted by Crippen LogP contribution is -2.43. The molecule has 1 aliphatic rings. The first-order valence-corrected chi connectivity index (χ1v) is 11.1. The number of amides is 1. The van der Waals surface area contributed by atoms with Gasteiger partial charge in [0, 0.05) is 61.9 Å². The van der Waals surface area contributed by atoms with E-state index in [-0.39, 0.29) is 12.2 Å². The summed E-state index contributed by atoms with van der Waals surface area (Å²) in [7, 11) is 0. The third-order valence-corrected chi connectivity index (χ3v) is 5.90. The van der Waals surface area contributed by atoms with E-state index in [0.29, 0.717) is 22.5 Å². The monoisotopic (exact) mass is 467 g/mol. The molecule has 1 unspecified atom stereocenters. The number of halogens is 1. The minimum atomic E-state index is -0.970. The van der Waals surface area contributed by atoms with E-state index < -0.39 is 24.4 Å². The standard InChI is InChI=1S/C23H26FN7O3/c1-14-9-30-10-15(8-19(24)22(30)26-14)27-23(34)17-2-3-20(29-6-4-25-5-7-29)18-12-31(28-21(17)18)11-16(33)13-32/h2-3,8-10,12,16,25,32-33H,4-7,11,13H2,1H3,(H,27,34). The van der Waals surface area contributed by atoms with E-state index in [9.17, 15) is 19.4 Å². The summed E-state index contributed by atoms with van der Waals surface area (Å²) in [5, 5.41) is 30.5. The number of aromatic nitrogens is 4. The lowest BCUT2D eigenvalue weighted by molar-refractivity contribution is 0.0784. The molecule has 1 aliphatic heterocycles. The molecule has 1 aromatic carbocycles. The van der Waals surface area contributed by atoms with E-state index in [1.54, 1.807) is 31.6 Å². The molecular weight excluding hydrogens is 441 g/mol. The van der Waals surface area contributed by atoms with Gasteiger partial charge in [0.05, 0.1) is 36.2 Å². The number of carbonyl (C=O) groups is 1. The molecule has 34 heavy (non-hydrogen) atoms. The third-order valence-electron chi connectivity index (χ3n) is 5.90. The maximum absolute atomic E-state index is 14.5. The molecule has 5 rings (SSSR count). The van der Waals surface area contributed by atoms with Crippen LogP contribution >= 0.6 is 0 Å². The van der Waals surface area contributed by atoms with Crippen LogP contribution in [-0.2, 0) is 6.54 Å². The predicted molar refractivity (Wildman–Crippen MR) is 126 cm³/mol. The van der Waals surface area contributed by atoms with Crippen molar-refractivity contribution in [3.05, 3.63) is 53.9 Å². The van der Waals surface area contributed by atoms with Crippen molar-refractivity contribution in [3.63, 3.8) is 0 Å². The normalized spacial score (nSPS) is 15.2. The highest BCUT2D eigenvalue weighted by Gasteiger charge is 2.21. The van der Waals surface area contributed by atoms with Crippen molar-refractivity contribution in [2.24, 2.45) is 0 Å². The number of anilines is 2. The van der Waals surface area contributed by atoms with Gasteiger partial charge in [-0.05, 0) is 19.1 Å². The molecule has 1 amide bonds. The van der Waals surface area contributed by atoms with Crippen molar-refractivity contribution in [1.29, 1.82) is 0 Å². The van der Waals surface area contributed by atoms with Gasteiger partial charge >= 0.3 is 0 Å². The van der Waals surface area contributed by atoms with Gasteiger partial charge in [0.15, 0.2) is 11.5 Å². The molecule has 0 bridgehead atoms. The van der Waals surface area contributed by atoms with Crippen molar-refractivity contribution in [2.75, 3.05) is 43.0 Å². The summed E-state index contributed by atoms with van der Waals surface area (Å²) in [6.07, 6.45) is 4.10. The Hall–Kier alpha value is -3.54. The summed E-state index contributed by atoms with van der Waals surface area (Å²) in [5.41, 5.74) is 2.90. The second-order valence-electron chi connectivity index (χ2n) is 8.46. The largest absolute Gasteiger partial charge is 0.394 e. The van der Waals surface area contributed by atoms with Crippen LogP contribution in [-0.4, -0.2) is 74.2 Å². The fourth-order valence-electron chi connectivity index (χ4n) is 4.32. The number of hydrogen-bond acceptors (Lipinski definition) is 7. The zero-order valence-corrected chi connectivity index (χ0v) is 18.7. The topological polar surface area (TPSA) is 120 Å². The van der Waals surface area contributed by atoms with Crippen LogP contribution in [0.1, 0.15) is 16.1 Å². The van der Waals surface area contributed by atoms with E-state index in [1.807, 2.05) is 6.07 Å². The van der Waals surface area contributed by atoms with Crippen LogP contribution in [0.2, 0.25) is 0 Å². The van der Waals surface area contributed by atoms with E-state index >= 15 is 0 Å². The highest BCUT2D eigenvalue weighted by molar-refractivity contribution is 6.13. The predicted octanol–water partition coefficient (Wildman–Crippen LogP) is 1.15. The van der Waals surface area contributed by atoms with Crippen molar-refractivity contribution < 1.29 is 19.4 Å². The molecule has 11 heteroatoms. The number of rotatable bonds is 6. The third kappa shape index (κ3) is 4.20. The molecule has 4 aromatic rings. The van der Waals surface area contributed by atoms with Gasteiger partial charge in [-0.15, -0.1) is 0 Å². The molecule has 1 fully saturated rings. The Kier molecular flexibility index (Phi) is 5.90. The van der Waals surface area contributed by atoms with Crippen LogP contribution in [0.4, 0.5) is 15.8 Å². The zero-order valence-electron chi connectivity index (χ0n) is 18.7. The fraction of sp³-hybridized carbons (Fsp3) is 0.348. The summed E-state index contributed by atoms with van der Waals surface area (Å²) in [6.45, 7) is 4.80. The Balaban J connectivity index is 1.52. The Morgan fingerprint density at radius 3 is 2.82 bits per heavy atom. The lowest BCUT2D eigenvalue weighted by atomic mass is 10.1. The Labute approximate surface area is 194 Å². The zero-order chi connectivity index (χ0) is 23.8. The number of pyridine rings is 1. The number of nitrogens with one attached hydrogen (secondary N) is 2. The van der Waals surface area contributed by atoms with Crippen LogP contribution in [0.25, 0.3) is 16.6 Å². The first-order valence-electron chi connectivity index (χ1n) is 11.1. The highest BCUT2D eigenvalue weighted by atomic mass is 19.1. The molecule has 1 atom stereocenters. The molecule has 10 nitrogen and oxygen atoms in total. The quantitative estimate of drug-likeness (QED) is 0.336. The minimum absolute atomic E-state index is 0.0924. The number of aliphatic hydroxyl groups is 2. The Bertz CT molecular complexity index is 1360. The van der Waals surface area contributed by atoms with Gasteiger partial charge in [-0.2, -0.15) is 5.10 Å². The molecule has 3 aromatic heterocycles. The molecule has 4 N–H and O–H groups in total.